The van der Waals surface area contributed by atoms with Crippen LogP contribution in [-0.2, 0) is 19.8 Å². The lowest BCUT2D eigenvalue weighted by Crippen LogP contribution is -2.42. The van der Waals surface area contributed by atoms with Crippen molar-refractivity contribution in [2.45, 2.75) is 39.0 Å². The van der Waals surface area contributed by atoms with Gasteiger partial charge in [-0.15, -0.1) is 0 Å². The average Bonchev–Trinajstić information content (AvgIpc) is 2.65. The Labute approximate surface area is 164 Å². The zero-order valence-electron chi connectivity index (χ0n) is 16.4. The summed E-state index contributed by atoms with van der Waals surface area (Å²) in [7, 11) is 0. The second kappa shape index (κ2) is 7.84. The first kappa shape index (κ1) is 19.6. The molecule has 0 fully saturated rings. The van der Waals surface area contributed by atoms with Gasteiger partial charge in [-0.1, -0.05) is 45.0 Å². The standard InChI is InChI=1S/C22H25N3O3/c1-22(2,3)15-8-10-16(11-9-15)23-19(26)12-13-21(28)25-14-20(27)24-17-6-4-5-7-18(17)25/h4-11H,12-14H2,1-3H3,(H,23,26)(H,24,27). The molecule has 146 valence electrons. The summed E-state index contributed by atoms with van der Waals surface area (Å²) in [5, 5.41) is 5.56. The van der Waals surface area contributed by atoms with Crippen molar-refractivity contribution in [3.8, 4) is 0 Å². The molecule has 2 aromatic carbocycles. The third-order valence-corrected chi connectivity index (χ3v) is 4.67. The van der Waals surface area contributed by atoms with E-state index in [1.165, 1.54) is 10.5 Å². The van der Waals surface area contributed by atoms with Crippen molar-refractivity contribution in [2.75, 3.05) is 22.1 Å². The number of fused-ring (bicyclic) bond motifs is 1. The van der Waals surface area contributed by atoms with E-state index in [1.54, 1.807) is 18.2 Å². The van der Waals surface area contributed by atoms with Crippen molar-refractivity contribution in [3.05, 3.63) is 54.1 Å². The second-order valence-electron chi connectivity index (χ2n) is 7.92. The number of rotatable bonds is 4. The summed E-state index contributed by atoms with van der Waals surface area (Å²) in [5.41, 5.74) is 3.20. The van der Waals surface area contributed by atoms with E-state index in [4.69, 9.17) is 0 Å². The van der Waals surface area contributed by atoms with Gasteiger partial charge in [0.15, 0.2) is 0 Å². The van der Waals surface area contributed by atoms with Gasteiger partial charge in [0.25, 0.3) is 0 Å². The highest BCUT2D eigenvalue weighted by atomic mass is 16.2. The molecule has 0 bridgehead atoms. The first-order valence-electron chi connectivity index (χ1n) is 9.34. The van der Waals surface area contributed by atoms with Gasteiger partial charge >= 0.3 is 0 Å². The summed E-state index contributed by atoms with van der Waals surface area (Å²) in [4.78, 5) is 38.1. The van der Waals surface area contributed by atoms with Crippen LogP contribution in [-0.4, -0.2) is 24.3 Å². The predicted octanol–water partition coefficient (Wildman–Crippen LogP) is 3.69. The average molecular weight is 379 g/mol. The minimum absolute atomic E-state index is 0.0352. The Balaban J connectivity index is 1.58. The highest BCUT2D eigenvalue weighted by molar-refractivity contribution is 6.10. The van der Waals surface area contributed by atoms with Gasteiger partial charge in [0, 0.05) is 18.5 Å². The molecule has 0 radical (unpaired) electrons. The van der Waals surface area contributed by atoms with Crippen molar-refractivity contribution in [1.29, 1.82) is 0 Å². The van der Waals surface area contributed by atoms with Crippen LogP contribution in [0.4, 0.5) is 17.1 Å². The monoisotopic (exact) mass is 379 g/mol. The molecule has 0 atom stereocenters. The number of hydrogen-bond acceptors (Lipinski definition) is 3. The number of carbonyl (C=O) groups excluding carboxylic acids is 3. The molecule has 3 rings (SSSR count). The Bertz CT molecular complexity index is 898. The fourth-order valence-electron chi connectivity index (χ4n) is 3.09. The Kier molecular flexibility index (Phi) is 5.49. The molecular weight excluding hydrogens is 354 g/mol. The second-order valence-corrected chi connectivity index (χ2v) is 7.92. The summed E-state index contributed by atoms with van der Waals surface area (Å²) in [6, 6.07) is 14.9. The van der Waals surface area contributed by atoms with Crippen LogP contribution in [0.3, 0.4) is 0 Å². The van der Waals surface area contributed by atoms with E-state index >= 15 is 0 Å². The number of amides is 3. The SMILES string of the molecule is CC(C)(C)c1ccc(NC(=O)CCC(=O)N2CC(=O)Nc3ccccc32)cc1. The van der Waals surface area contributed by atoms with Crippen molar-refractivity contribution >= 4 is 34.8 Å². The number of carbonyl (C=O) groups is 3. The summed E-state index contributed by atoms with van der Waals surface area (Å²) < 4.78 is 0. The normalized spacial score (nSPS) is 13.5. The first-order valence-corrected chi connectivity index (χ1v) is 9.34. The minimum atomic E-state index is -0.250. The number of benzene rings is 2. The van der Waals surface area contributed by atoms with Crippen LogP contribution in [0.25, 0.3) is 0 Å². The van der Waals surface area contributed by atoms with Gasteiger partial charge in [0.1, 0.15) is 6.54 Å². The maximum atomic E-state index is 12.6. The lowest BCUT2D eigenvalue weighted by molar-refractivity contribution is -0.124. The molecule has 1 aliphatic heterocycles. The first-order chi connectivity index (χ1) is 13.2. The maximum Gasteiger partial charge on any atom is 0.244 e. The zero-order valence-corrected chi connectivity index (χ0v) is 16.4. The molecule has 0 saturated heterocycles. The Morgan fingerprint density at radius 1 is 1.04 bits per heavy atom. The van der Waals surface area contributed by atoms with Crippen LogP contribution in [0, 0.1) is 0 Å². The molecule has 2 N–H and O–H groups in total. The van der Waals surface area contributed by atoms with Crippen molar-refractivity contribution in [2.24, 2.45) is 0 Å². The number of nitrogens with one attached hydrogen (secondary N) is 2. The van der Waals surface area contributed by atoms with Gasteiger partial charge in [-0.3, -0.25) is 14.4 Å². The van der Waals surface area contributed by atoms with Crippen LogP contribution in [0.1, 0.15) is 39.2 Å². The smallest absolute Gasteiger partial charge is 0.244 e. The molecule has 1 heterocycles. The van der Waals surface area contributed by atoms with E-state index in [9.17, 15) is 14.4 Å². The highest BCUT2D eigenvalue weighted by Gasteiger charge is 2.26. The van der Waals surface area contributed by atoms with E-state index in [0.29, 0.717) is 17.1 Å². The molecule has 0 saturated carbocycles. The van der Waals surface area contributed by atoms with Gasteiger partial charge in [0.05, 0.1) is 11.4 Å². The number of anilines is 3. The van der Waals surface area contributed by atoms with Crippen LogP contribution < -0.4 is 15.5 Å². The number of para-hydroxylation sites is 2. The predicted molar refractivity (Wildman–Crippen MR) is 110 cm³/mol. The number of nitrogens with zero attached hydrogens (tertiary/aromatic N) is 1. The van der Waals surface area contributed by atoms with Gasteiger partial charge < -0.3 is 15.5 Å². The van der Waals surface area contributed by atoms with Gasteiger partial charge in [0.2, 0.25) is 17.7 Å². The topological polar surface area (TPSA) is 78.5 Å². The molecule has 28 heavy (non-hydrogen) atoms. The van der Waals surface area contributed by atoms with Gasteiger partial charge in [-0.2, -0.15) is 0 Å². The molecule has 0 aromatic heterocycles. The lowest BCUT2D eigenvalue weighted by atomic mass is 9.87. The molecule has 3 amide bonds. The molecule has 1 aliphatic rings. The van der Waals surface area contributed by atoms with Crippen molar-refractivity contribution < 1.29 is 14.4 Å². The largest absolute Gasteiger partial charge is 0.326 e. The molecule has 0 unspecified atom stereocenters. The molecule has 0 spiro atoms. The summed E-state index contributed by atoms with van der Waals surface area (Å²) >= 11 is 0. The van der Waals surface area contributed by atoms with Crippen molar-refractivity contribution in [1.82, 2.24) is 0 Å². The fraction of sp³-hybridized carbons (Fsp3) is 0.318. The van der Waals surface area contributed by atoms with Crippen molar-refractivity contribution in [3.63, 3.8) is 0 Å². The molecule has 6 nitrogen and oxygen atoms in total. The quantitative estimate of drug-likeness (QED) is 0.850. The highest BCUT2D eigenvalue weighted by Crippen LogP contribution is 2.29. The summed E-state index contributed by atoms with van der Waals surface area (Å²) in [6.07, 6.45) is 0.0909. The minimum Gasteiger partial charge on any atom is -0.326 e. The van der Waals surface area contributed by atoms with E-state index in [-0.39, 0.29) is 42.5 Å². The van der Waals surface area contributed by atoms with Crippen LogP contribution in [0.15, 0.2) is 48.5 Å². The van der Waals surface area contributed by atoms with Crippen LogP contribution >= 0.6 is 0 Å². The zero-order chi connectivity index (χ0) is 20.3. The van der Waals surface area contributed by atoms with E-state index in [0.717, 1.165) is 0 Å². The summed E-state index contributed by atoms with van der Waals surface area (Å²) in [6.45, 7) is 6.35. The van der Waals surface area contributed by atoms with Crippen LogP contribution in [0.2, 0.25) is 0 Å². The van der Waals surface area contributed by atoms with Gasteiger partial charge in [-0.25, -0.2) is 0 Å². The third-order valence-electron chi connectivity index (χ3n) is 4.67. The Morgan fingerprint density at radius 2 is 1.71 bits per heavy atom. The molecular formula is C22H25N3O3. The van der Waals surface area contributed by atoms with E-state index in [1.807, 2.05) is 30.3 Å². The molecule has 0 aliphatic carbocycles. The third kappa shape index (κ3) is 4.57. The Morgan fingerprint density at radius 3 is 2.39 bits per heavy atom. The molecule has 2 aromatic rings. The fourth-order valence-corrected chi connectivity index (χ4v) is 3.09. The molecule has 6 heteroatoms. The van der Waals surface area contributed by atoms with E-state index < -0.39 is 0 Å². The van der Waals surface area contributed by atoms with Gasteiger partial charge in [-0.05, 0) is 35.2 Å². The maximum absolute atomic E-state index is 12.6. The van der Waals surface area contributed by atoms with Crippen LogP contribution in [0.5, 0.6) is 0 Å². The lowest BCUT2D eigenvalue weighted by Gasteiger charge is -2.29. The summed E-state index contributed by atoms with van der Waals surface area (Å²) in [5.74, 6) is -0.720. The van der Waals surface area contributed by atoms with E-state index in [2.05, 4.69) is 31.4 Å². The number of hydrogen-bond donors (Lipinski definition) is 2. The Hall–Kier alpha value is -3.15.